The number of ether oxygens (including phenoxy) is 2. The molecule has 2 aromatic carbocycles. The molecule has 0 heterocycles. The molecule has 0 aromatic heterocycles. The molecule has 0 spiro atoms. The van der Waals surface area contributed by atoms with E-state index in [4.69, 9.17) is 21.1 Å². The topological polar surface area (TPSA) is 30.5 Å². The molecule has 0 saturated carbocycles. The number of alkyl halides is 1. The molecule has 2 rings (SSSR count). The molecule has 2 aromatic rings. The second kappa shape index (κ2) is 7.65. The lowest BCUT2D eigenvalue weighted by atomic mass is 10.2. The number of rotatable bonds is 7. The van der Waals surface area contributed by atoms with Crippen LogP contribution in [-0.2, 0) is 5.88 Å². The summed E-state index contributed by atoms with van der Waals surface area (Å²) in [5.74, 6) is 1.99. The molecule has 3 nitrogen and oxygen atoms in total. The molecule has 0 aliphatic rings. The SMILES string of the molecule is COc1ccccc1OCCNc1ccccc1CCl. The Morgan fingerprint density at radius 2 is 1.70 bits per heavy atom. The number of halogens is 1. The van der Waals surface area contributed by atoms with Crippen LogP contribution in [0.3, 0.4) is 0 Å². The third-order valence-electron chi connectivity index (χ3n) is 2.91. The van der Waals surface area contributed by atoms with Crippen molar-refractivity contribution in [2.75, 3.05) is 25.6 Å². The minimum Gasteiger partial charge on any atom is -0.493 e. The van der Waals surface area contributed by atoms with Crippen LogP contribution in [-0.4, -0.2) is 20.3 Å². The van der Waals surface area contributed by atoms with Crippen molar-refractivity contribution in [3.63, 3.8) is 0 Å². The maximum Gasteiger partial charge on any atom is 0.161 e. The van der Waals surface area contributed by atoms with Crippen molar-refractivity contribution in [1.82, 2.24) is 0 Å². The molecular weight excluding hydrogens is 274 g/mol. The van der Waals surface area contributed by atoms with Gasteiger partial charge in [0.25, 0.3) is 0 Å². The Morgan fingerprint density at radius 3 is 2.45 bits per heavy atom. The van der Waals surface area contributed by atoms with Crippen LogP contribution in [0.2, 0.25) is 0 Å². The largest absolute Gasteiger partial charge is 0.493 e. The first-order chi connectivity index (χ1) is 9.85. The van der Waals surface area contributed by atoms with Gasteiger partial charge in [0.15, 0.2) is 11.5 Å². The van der Waals surface area contributed by atoms with E-state index in [1.165, 1.54) is 0 Å². The number of hydrogen-bond donors (Lipinski definition) is 1. The Hall–Kier alpha value is -1.87. The van der Waals surface area contributed by atoms with Crippen LogP contribution in [0, 0.1) is 0 Å². The van der Waals surface area contributed by atoms with E-state index in [-0.39, 0.29) is 0 Å². The molecule has 0 atom stereocenters. The van der Waals surface area contributed by atoms with E-state index in [0.717, 1.165) is 22.7 Å². The Kier molecular flexibility index (Phi) is 5.56. The first kappa shape index (κ1) is 14.5. The van der Waals surface area contributed by atoms with Crippen molar-refractivity contribution in [3.8, 4) is 11.5 Å². The highest BCUT2D eigenvalue weighted by Crippen LogP contribution is 2.25. The fraction of sp³-hybridized carbons (Fsp3) is 0.250. The number of hydrogen-bond acceptors (Lipinski definition) is 3. The average Bonchev–Trinajstić information content (AvgIpc) is 2.52. The summed E-state index contributed by atoms with van der Waals surface area (Å²) >= 11 is 5.89. The van der Waals surface area contributed by atoms with Crippen LogP contribution in [0.5, 0.6) is 11.5 Å². The predicted octanol–water partition coefficient (Wildman–Crippen LogP) is 3.92. The van der Waals surface area contributed by atoms with Crippen LogP contribution >= 0.6 is 11.6 Å². The van der Waals surface area contributed by atoms with Gasteiger partial charge in [0.1, 0.15) is 6.61 Å². The number of para-hydroxylation sites is 3. The van der Waals surface area contributed by atoms with E-state index >= 15 is 0 Å². The van der Waals surface area contributed by atoms with Gasteiger partial charge in [0, 0.05) is 18.1 Å². The first-order valence-electron chi connectivity index (χ1n) is 6.48. The maximum absolute atomic E-state index is 5.89. The fourth-order valence-corrected chi connectivity index (χ4v) is 2.13. The summed E-state index contributed by atoms with van der Waals surface area (Å²) in [7, 11) is 1.64. The number of methoxy groups -OCH3 is 1. The highest BCUT2D eigenvalue weighted by atomic mass is 35.5. The molecule has 0 aliphatic heterocycles. The monoisotopic (exact) mass is 291 g/mol. The summed E-state index contributed by atoms with van der Waals surface area (Å²) in [6.07, 6.45) is 0. The molecule has 0 unspecified atom stereocenters. The van der Waals surface area contributed by atoms with Gasteiger partial charge in [-0.05, 0) is 23.8 Å². The molecule has 106 valence electrons. The van der Waals surface area contributed by atoms with Gasteiger partial charge < -0.3 is 14.8 Å². The summed E-state index contributed by atoms with van der Waals surface area (Å²) in [6, 6.07) is 15.6. The summed E-state index contributed by atoms with van der Waals surface area (Å²) < 4.78 is 10.9. The average molecular weight is 292 g/mol. The summed E-state index contributed by atoms with van der Waals surface area (Å²) in [5.41, 5.74) is 2.14. The molecule has 0 fully saturated rings. The third kappa shape index (κ3) is 3.81. The summed E-state index contributed by atoms with van der Waals surface area (Å²) in [4.78, 5) is 0. The smallest absolute Gasteiger partial charge is 0.161 e. The van der Waals surface area contributed by atoms with E-state index in [9.17, 15) is 0 Å². The van der Waals surface area contributed by atoms with E-state index in [0.29, 0.717) is 19.0 Å². The van der Waals surface area contributed by atoms with Gasteiger partial charge in [-0.3, -0.25) is 0 Å². The summed E-state index contributed by atoms with van der Waals surface area (Å²) in [6.45, 7) is 1.25. The molecular formula is C16H18ClNO2. The molecule has 20 heavy (non-hydrogen) atoms. The highest BCUT2D eigenvalue weighted by Gasteiger charge is 2.03. The zero-order chi connectivity index (χ0) is 14.2. The van der Waals surface area contributed by atoms with Gasteiger partial charge in [-0.15, -0.1) is 11.6 Å². The fourth-order valence-electron chi connectivity index (χ4n) is 1.89. The zero-order valence-electron chi connectivity index (χ0n) is 11.4. The molecule has 0 radical (unpaired) electrons. The normalized spacial score (nSPS) is 10.1. The molecule has 0 saturated heterocycles. The van der Waals surface area contributed by atoms with Crippen LogP contribution in [0.1, 0.15) is 5.56 Å². The number of benzene rings is 2. The van der Waals surface area contributed by atoms with Crippen molar-refractivity contribution in [2.45, 2.75) is 5.88 Å². The molecule has 0 aliphatic carbocycles. The standard InChI is InChI=1S/C16H18ClNO2/c1-19-15-8-4-5-9-16(15)20-11-10-18-14-7-3-2-6-13(14)12-17/h2-9,18H,10-12H2,1H3. The lowest BCUT2D eigenvalue weighted by Gasteiger charge is -2.12. The van der Waals surface area contributed by atoms with Gasteiger partial charge in [-0.1, -0.05) is 30.3 Å². The Balaban J connectivity index is 1.84. The van der Waals surface area contributed by atoms with E-state index in [2.05, 4.69) is 5.32 Å². The molecule has 1 N–H and O–H groups in total. The third-order valence-corrected chi connectivity index (χ3v) is 3.19. The lowest BCUT2D eigenvalue weighted by Crippen LogP contribution is -2.12. The van der Waals surface area contributed by atoms with Gasteiger partial charge in [-0.2, -0.15) is 0 Å². The molecule has 0 amide bonds. The second-order valence-corrected chi connectivity index (χ2v) is 4.48. The zero-order valence-corrected chi connectivity index (χ0v) is 12.2. The van der Waals surface area contributed by atoms with E-state index in [1.54, 1.807) is 7.11 Å². The Labute approximate surface area is 124 Å². The van der Waals surface area contributed by atoms with Crippen LogP contribution in [0.25, 0.3) is 0 Å². The second-order valence-electron chi connectivity index (χ2n) is 4.22. The summed E-state index contributed by atoms with van der Waals surface area (Å²) in [5, 5.41) is 3.32. The predicted molar refractivity (Wildman–Crippen MR) is 83.0 cm³/mol. The van der Waals surface area contributed by atoms with Crippen molar-refractivity contribution in [2.24, 2.45) is 0 Å². The van der Waals surface area contributed by atoms with Crippen molar-refractivity contribution >= 4 is 17.3 Å². The minimum atomic E-state index is 0.497. The van der Waals surface area contributed by atoms with Crippen LogP contribution in [0.4, 0.5) is 5.69 Å². The van der Waals surface area contributed by atoms with Crippen LogP contribution in [0.15, 0.2) is 48.5 Å². The van der Waals surface area contributed by atoms with Crippen molar-refractivity contribution in [1.29, 1.82) is 0 Å². The van der Waals surface area contributed by atoms with Gasteiger partial charge in [-0.25, -0.2) is 0 Å². The molecule has 4 heteroatoms. The van der Waals surface area contributed by atoms with Gasteiger partial charge in [0.2, 0.25) is 0 Å². The van der Waals surface area contributed by atoms with E-state index < -0.39 is 0 Å². The lowest BCUT2D eigenvalue weighted by molar-refractivity contribution is 0.306. The van der Waals surface area contributed by atoms with Crippen molar-refractivity contribution < 1.29 is 9.47 Å². The van der Waals surface area contributed by atoms with Crippen molar-refractivity contribution in [3.05, 3.63) is 54.1 Å². The quantitative estimate of drug-likeness (QED) is 0.619. The van der Waals surface area contributed by atoms with Crippen LogP contribution < -0.4 is 14.8 Å². The number of anilines is 1. The number of nitrogens with one attached hydrogen (secondary N) is 1. The van der Waals surface area contributed by atoms with E-state index in [1.807, 2.05) is 48.5 Å². The van der Waals surface area contributed by atoms with Gasteiger partial charge in [0.05, 0.1) is 7.11 Å². The maximum atomic E-state index is 5.89. The highest BCUT2D eigenvalue weighted by molar-refractivity contribution is 6.17. The Morgan fingerprint density at radius 1 is 1.00 bits per heavy atom. The molecule has 0 bridgehead atoms. The Bertz CT molecular complexity index is 496. The minimum absolute atomic E-state index is 0.497. The first-order valence-corrected chi connectivity index (χ1v) is 7.02. The van der Waals surface area contributed by atoms with Gasteiger partial charge >= 0.3 is 0 Å².